The minimum absolute atomic E-state index is 0.211. The van der Waals surface area contributed by atoms with Crippen LogP contribution in [0.5, 0.6) is 5.75 Å². The van der Waals surface area contributed by atoms with Gasteiger partial charge in [0.15, 0.2) is 5.58 Å². The number of carbonyl (C=O) groups is 1. The SMILES string of the molecule is C=C(C)C(=O)OCOc1ccc2oc(-c3ccc(C#N)cc3)nc2c1. The van der Waals surface area contributed by atoms with Crippen LogP contribution in [-0.2, 0) is 9.53 Å². The molecule has 2 aromatic carbocycles. The summed E-state index contributed by atoms with van der Waals surface area (Å²) in [5.74, 6) is 0.442. The number of aromatic nitrogens is 1. The average molecular weight is 334 g/mol. The Kier molecular flexibility index (Phi) is 4.48. The molecule has 3 aromatic rings. The smallest absolute Gasteiger partial charge is 0.335 e. The van der Waals surface area contributed by atoms with Gasteiger partial charge in [-0.05, 0) is 43.3 Å². The van der Waals surface area contributed by atoms with E-state index in [1.165, 1.54) is 0 Å². The van der Waals surface area contributed by atoms with Crippen molar-refractivity contribution < 1.29 is 18.7 Å². The van der Waals surface area contributed by atoms with E-state index >= 15 is 0 Å². The lowest BCUT2D eigenvalue weighted by atomic mass is 10.1. The first kappa shape index (κ1) is 16.3. The molecule has 1 heterocycles. The van der Waals surface area contributed by atoms with E-state index in [0.717, 1.165) is 5.56 Å². The third-order valence-corrected chi connectivity index (χ3v) is 3.38. The zero-order valence-electron chi connectivity index (χ0n) is 13.5. The first-order valence-electron chi connectivity index (χ1n) is 7.43. The lowest BCUT2D eigenvalue weighted by Gasteiger charge is -2.06. The predicted octanol–water partition coefficient (Wildman–Crippen LogP) is 3.82. The second-order valence-corrected chi connectivity index (χ2v) is 5.31. The third-order valence-electron chi connectivity index (χ3n) is 3.38. The summed E-state index contributed by atoms with van der Waals surface area (Å²) in [7, 11) is 0. The van der Waals surface area contributed by atoms with Crippen molar-refractivity contribution in [1.82, 2.24) is 4.98 Å². The van der Waals surface area contributed by atoms with E-state index in [1.807, 2.05) is 0 Å². The molecule has 6 heteroatoms. The molecule has 0 bridgehead atoms. The van der Waals surface area contributed by atoms with Crippen molar-refractivity contribution in [2.45, 2.75) is 6.92 Å². The first-order chi connectivity index (χ1) is 12.1. The second kappa shape index (κ2) is 6.89. The monoisotopic (exact) mass is 334 g/mol. The maximum absolute atomic E-state index is 11.3. The Morgan fingerprint density at radius 2 is 2.04 bits per heavy atom. The van der Waals surface area contributed by atoms with Crippen LogP contribution in [0.1, 0.15) is 12.5 Å². The standard InChI is InChI=1S/C19H14N2O4/c1-12(2)19(22)24-11-23-15-7-8-17-16(9-15)21-18(25-17)14-5-3-13(10-20)4-6-14/h3-9H,1,11H2,2H3. The van der Waals surface area contributed by atoms with Gasteiger partial charge in [0, 0.05) is 17.2 Å². The van der Waals surface area contributed by atoms with Crippen molar-refractivity contribution in [3.05, 3.63) is 60.2 Å². The van der Waals surface area contributed by atoms with E-state index in [0.29, 0.717) is 33.9 Å². The highest BCUT2D eigenvalue weighted by Crippen LogP contribution is 2.27. The molecule has 0 amide bonds. The number of rotatable bonds is 5. The van der Waals surface area contributed by atoms with Gasteiger partial charge >= 0.3 is 5.97 Å². The maximum Gasteiger partial charge on any atom is 0.335 e. The van der Waals surface area contributed by atoms with Crippen LogP contribution in [0.3, 0.4) is 0 Å². The highest BCUT2D eigenvalue weighted by Gasteiger charge is 2.10. The molecule has 0 aliphatic rings. The number of fused-ring (bicyclic) bond motifs is 1. The van der Waals surface area contributed by atoms with Gasteiger partial charge in [0.05, 0.1) is 11.6 Å². The lowest BCUT2D eigenvalue weighted by molar-refractivity contribution is -0.145. The molecule has 0 saturated heterocycles. The van der Waals surface area contributed by atoms with Gasteiger partial charge in [-0.25, -0.2) is 9.78 Å². The third kappa shape index (κ3) is 3.67. The summed E-state index contributed by atoms with van der Waals surface area (Å²) in [5, 5.41) is 8.84. The van der Waals surface area contributed by atoms with Crippen LogP contribution >= 0.6 is 0 Å². The summed E-state index contributed by atoms with van der Waals surface area (Å²) in [5.41, 5.74) is 2.87. The second-order valence-electron chi connectivity index (χ2n) is 5.31. The maximum atomic E-state index is 11.3. The van der Waals surface area contributed by atoms with Gasteiger partial charge in [0.25, 0.3) is 0 Å². The van der Waals surface area contributed by atoms with Crippen LogP contribution in [0, 0.1) is 11.3 Å². The van der Waals surface area contributed by atoms with Gasteiger partial charge in [-0.15, -0.1) is 0 Å². The van der Waals surface area contributed by atoms with E-state index < -0.39 is 5.97 Å². The minimum atomic E-state index is -0.509. The molecule has 1 aromatic heterocycles. The van der Waals surface area contributed by atoms with Crippen LogP contribution in [0.2, 0.25) is 0 Å². The van der Waals surface area contributed by atoms with Crippen molar-refractivity contribution in [3.8, 4) is 23.3 Å². The molecule has 0 aliphatic heterocycles. The van der Waals surface area contributed by atoms with Gasteiger partial charge in [0.2, 0.25) is 12.7 Å². The van der Waals surface area contributed by atoms with Crippen molar-refractivity contribution >= 4 is 17.1 Å². The summed E-state index contributed by atoms with van der Waals surface area (Å²) < 4.78 is 16.0. The van der Waals surface area contributed by atoms with E-state index in [-0.39, 0.29) is 6.79 Å². The van der Waals surface area contributed by atoms with E-state index in [1.54, 1.807) is 49.4 Å². The number of ether oxygens (including phenoxy) is 2. The van der Waals surface area contributed by atoms with E-state index in [4.69, 9.17) is 19.2 Å². The Morgan fingerprint density at radius 3 is 2.72 bits per heavy atom. The minimum Gasteiger partial charge on any atom is -0.457 e. The Bertz CT molecular complexity index is 981. The van der Waals surface area contributed by atoms with Gasteiger partial charge in [-0.2, -0.15) is 5.26 Å². The molecular formula is C19H14N2O4. The number of oxazole rings is 1. The van der Waals surface area contributed by atoms with Crippen molar-refractivity contribution in [2.24, 2.45) is 0 Å². The molecule has 0 N–H and O–H groups in total. The fourth-order valence-corrected chi connectivity index (χ4v) is 2.08. The zero-order valence-corrected chi connectivity index (χ0v) is 13.5. The Balaban J connectivity index is 1.76. The normalized spacial score (nSPS) is 10.2. The number of nitrogens with zero attached hydrogens (tertiary/aromatic N) is 2. The Morgan fingerprint density at radius 1 is 1.28 bits per heavy atom. The van der Waals surface area contributed by atoms with Crippen molar-refractivity contribution in [2.75, 3.05) is 6.79 Å². The molecule has 6 nitrogen and oxygen atoms in total. The summed E-state index contributed by atoms with van der Waals surface area (Å²) in [6, 6.07) is 14.1. The van der Waals surface area contributed by atoms with E-state index in [2.05, 4.69) is 17.6 Å². The number of benzene rings is 2. The molecule has 0 saturated carbocycles. The lowest BCUT2D eigenvalue weighted by Crippen LogP contribution is -2.10. The van der Waals surface area contributed by atoms with Crippen LogP contribution in [0.4, 0.5) is 0 Å². The van der Waals surface area contributed by atoms with Crippen LogP contribution < -0.4 is 4.74 Å². The summed E-state index contributed by atoms with van der Waals surface area (Å²) in [6.07, 6.45) is 0. The molecule has 124 valence electrons. The largest absolute Gasteiger partial charge is 0.457 e. The predicted molar refractivity (Wildman–Crippen MR) is 90.6 cm³/mol. The number of hydrogen-bond acceptors (Lipinski definition) is 6. The quantitative estimate of drug-likeness (QED) is 0.400. The first-order valence-corrected chi connectivity index (χ1v) is 7.43. The molecular weight excluding hydrogens is 320 g/mol. The van der Waals surface area contributed by atoms with Crippen LogP contribution in [0.25, 0.3) is 22.6 Å². The fourth-order valence-electron chi connectivity index (χ4n) is 2.08. The fraction of sp³-hybridized carbons (Fsp3) is 0.105. The molecule has 0 unspecified atom stereocenters. The number of nitriles is 1. The van der Waals surface area contributed by atoms with Gasteiger partial charge in [0.1, 0.15) is 11.3 Å². The number of esters is 1. The van der Waals surface area contributed by atoms with Crippen molar-refractivity contribution in [1.29, 1.82) is 5.26 Å². The summed E-state index contributed by atoms with van der Waals surface area (Å²) >= 11 is 0. The number of carbonyl (C=O) groups excluding carboxylic acids is 1. The molecule has 0 atom stereocenters. The summed E-state index contributed by atoms with van der Waals surface area (Å²) in [4.78, 5) is 15.7. The van der Waals surface area contributed by atoms with Gasteiger partial charge in [-0.3, -0.25) is 0 Å². The van der Waals surface area contributed by atoms with Crippen LogP contribution in [0.15, 0.2) is 59.0 Å². The molecule has 0 aliphatic carbocycles. The zero-order chi connectivity index (χ0) is 17.8. The van der Waals surface area contributed by atoms with Gasteiger partial charge in [-0.1, -0.05) is 6.58 Å². The van der Waals surface area contributed by atoms with Crippen molar-refractivity contribution in [3.63, 3.8) is 0 Å². The Labute approximate surface area is 143 Å². The average Bonchev–Trinajstić information content (AvgIpc) is 3.05. The van der Waals surface area contributed by atoms with E-state index in [9.17, 15) is 4.79 Å². The highest BCUT2D eigenvalue weighted by atomic mass is 16.7. The highest BCUT2D eigenvalue weighted by molar-refractivity contribution is 5.86. The molecule has 0 spiro atoms. The summed E-state index contributed by atoms with van der Waals surface area (Å²) in [6.45, 7) is 4.85. The topological polar surface area (TPSA) is 85.4 Å². The molecule has 0 radical (unpaired) electrons. The van der Waals surface area contributed by atoms with Crippen LogP contribution in [-0.4, -0.2) is 17.7 Å². The number of hydrogen-bond donors (Lipinski definition) is 0. The van der Waals surface area contributed by atoms with Gasteiger partial charge < -0.3 is 13.9 Å². The molecule has 25 heavy (non-hydrogen) atoms. The molecule has 3 rings (SSSR count). The molecule has 0 fully saturated rings. The Hall–Kier alpha value is -3.59.